The summed E-state index contributed by atoms with van der Waals surface area (Å²) in [4.78, 5) is 25.1. The van der Waals surface area contributed by atoms with Gasteiger partial charge in [0.25, 0.3) is 0 Å². The van der Waals surface area contributed by atoms with Crippen molar-refractivity contribution in [3.8, 4) is 0 Å². The van der Waals surface area contributed by atoms with Crippen LogP contribution in [0.5, 0.6) is 0 Å². The van der Waals surface area contributed by atoms with Gasteiger partial charge in [0.2, 0.25) is 0 Å². The first-order valence-corrected chi connectivity index (χ1v) is 6.05. The first kappa shape index (κ1) is 11.8. The molecule has 2 rings (SSSR count). The van der Waals surface area contributed by atoms with Crippen LogP contribution in [0.15, 0.2) is 24.3 Å². The Morgan fingerprint density at radius 2 is 1.94 bits per heavy atom. The summed E-state index contributed by atoms with van der Waals surface area (Å²) in [6, 6.07) is 7.63. The van der Waals surface area contributed by atoms with E-state index >= 15 is 0 Å². The van der Waals surface area contributed by atoms with Crippen molar-refractivity contribution < 1.29 is 9.59 Å². The lowest BCUT2D eigenvalue weighted by molar-refractivity contribution is -0.118. The largest absolute Gasteiger partial charge is 0.370 e. The van der Waals surface area contributed by atoms with Gasteiger partial charge in [-0.1, -0.05) is 12.1 Å². The SMILES string of the molecule is CC(=O)c1ccccc1N1CCCC(=O)CC1. The molecule has 0 bridgehead atoms. The lowest BCUT2D eigenvalue weighted by atomic mass is 10.1. The van der Waals surface area contributed by atoms with Crippen molar-refractivity contribution in [3.05, 3.63) is 29.8 Å². The van der Waals surface area contributed by atoms with Gasteiger partial charge in [0.15, 0.2) is 5.78 Å². The minimum Gasteiger partial charge on any atom is -0.370 e. The second-order valence-corrected chi connectivity index (χ2v) is 4.45. The van der Waals surface area contributed by atoms with Gasteiger partial charge in [-0.15, -0.1) is 0 Å². The summed E-state index contributed by atoms with van der Waals surface area (Å²) in [5, 5.41) is 0. The smallest absolute Gasteiger partial charge is 0.161 e. The number of anilines is 1. The highest BCUT2D eigenvalue weighted by Gasteiger charge is 2.17. The van der Waals surface area contributed by atoms with E-state index in [1.54, 1.807) is 6.92 Å². The van der Waals surface area contributed by atoms with Crippen LogP contribution in [-0.4, -0.2) is 24.7 Å². The normalized spacial score (nSPS) is 16.8. The van der Waals surface area contributed by atoms with E-state index in [2.05, 4.69) is 4.90 Å². The Morgan fingerprint density at radius 1 is 1.18 bits per heavy atom. The van der Waals surface area contributed by atoms with Crippen LogP contribution in [0, 0.1) is 0 Å². The fourth-order valence-corrected chi connectivity index (χ4v) is 2.25. The summed E-state index contributed by atoms with van der Waals surface area (Å²) in [5.41, 5.74) is 1.72. The van der Waals surface area contributed by atoms with Gasteiger partial charge in [-0.3, -0.25) is 9.59 Å². The summed E-state index contributed by atoms with van der Waals surface area (Å²) in [7, 11) is 0. The predicted octanol–water partition coefficient (Wildman–Crippen LogP) is 2.45. The highest BCUT2D eigenvalue weighted by molar-refractivity contribution is 5.99. The third-order valence-corrected chi connectivity index (χ3v) is 3.17. The Balaban J connectivity index is 2.26. The molecular weight excluding hydrogens is 214 g/mol. The molecule has 0 amide bonds. The molecule has 1 fully saturated rings. The summed E-state index contributed by atoms with van der Waals surface area (Å²) in [5.74, 6) is 0.406. The monoisotopic (exact) mass is 231 g/mol. The molecule has 1 aliphatic heterocycles. The summed E-state index contributed by atoms with van der Waals surface area (Å²) in [6.07, 6.45) is 2.13. The third-order valence-electron chi connectivity index (χ3n) is 3.17. The van der Waals surface area contributed by atoms with E-state index in [1.165, 1.54) is 0 Å². The maximum Gasteiger partial charge on any atom is 0.161 e. The second-order valence-electron chi connectivity index (χ2n) is 4.45. The molecule has 0 N–H and O–H groups in total. The number of Topliss-reactive ketones (excluding diaryl/α,β-unsaturated/α-hetero) is 2. The van der Waals surface area contributed by atoms with E-state index in [0.29, 0.717) is 18.6 Å². The number of hydrogen-bond acceptors (Lipinski definition) is 3. The summed E-state index contributed by atoms with van der Waals surface area (Å²) >= 11 is 0. The number of nitrogens with zero attached hydrogens (tertiary/aromatic N) is 1. The molecule has 0 atom stereocenters. The number of ketones is 2. The lowest BCUT2D eigenvalue weighted by Gasteiger charge is -2.24. The van der Waals surface area contributed by atoms with Crippen LogP contribution in [0.1, 0.15) is 36.5 Å². The fraction of sp³-hybridized carbons (Fsp3) is 0.429. The van der Waals surface area contributed by atoms with Crippen LogP contribution in [-0.2, 0) is 4.79 Å². The molecule has 17 heavy (non-hydrogen) atoms. The molecule has 3 nitrogen and oxygen atoms in total. The number of carbonyl (C=O) groups excluding carboxylic acids is 2. The van der Waals surface area contributed by atoms with Crippen molar-refractivity contribution in [2.24, 2.45) is 0 Å². The predicted molar refractivity (Wildman–Crippen MR) is 67.5 cm³/mol. The zero-order valence-corrected chi connectivity index (χ0v) is 10.1. The standard InChI is InChI=1S/C14H17NO2/c1-11(16)13-6-2-3-7-14(13)15-9-4-5-12(17)8-10-15/h2-3,6-7H,4-5,8-10H2,1H3. The first-order chi connectivity index (χ1) is 8.18. The number of para-hydroxylation sites is 1. The lowest BCUT2D eigenvalue weighted by Crippen LogP contribution is -2.25. The quantitative estimate of drug-likeness (QED) is 0.734. The highest BCUT2D eigenvalue weighted by Crippen LogP contribution is 2.23. The van der Waals surface area contributed by atoms with E-state index in [0.717, 1.165) is 30.8 Å². The van der Waals surface area contributed by atoms with Crippen LogP contribution >= 0.6 is 0 Å². The Morgan fingerprint density at radius 3 is 2.71 bits per heavy atom. The zero-order chi connectivity index (χ0) is 12.3. The molecule has 1 aliphatic rings. The van der Waals surface area contributed by atoms with Gasteiger partial charge in [0, 0.05) is 37.2 Å². The van der Waals surface area contributed by atoms with Gasteiger partial charge in [0.05, 0.1) is 0 Å². The van der Waals surface area contributed by atoms with Crippen LogP contribution in [0.3, 0.4) is 0 Å². The minimum absolute atomic E-state index is 0.0798. The molecular formula is C14H17NO2. The second kappa shape index (κ2) is 5.13. The van der Waals surface area contributed by atoms with Gasteiger partial charge in [-0.25, -0.2) is 0 Å². The molecule has 0 unspecified atom stereocenters. The van der Waals surface area contributed by atoms with Gasteiger partial charge in [-0.05, 0) is 25.5 Å². The van der Waals surface area contributed by atoms with Gasteiger partial charge >= 0.3 is 0 Å². The molecule has 1 aromatic carbocycles. The molecule has 0 aromatic heterocycles. The van der Waals surface area contributed by atoms with Crippen molar-refractivity contribution in [3.63, 3.8) is 0 Å². The van der Waals surface area contributed by atoms with Crippen LogP contribution in [0.2, 0.25) is 0 Å². The molecule has 1 aromatic rings. The Kier molecular flexibility index (Phi) is 3.57. The average Bonchev–Trinajstić information content (AvgIpc) is 2.54. The Hall–Kier alpha value is -1.64. The molecule has 0 aliphatic carbocycles. The number of carbonyl (C=O) groups is 2. The minimum atomic E-state index is 0.0798. The van der Waals surface area contributed by atoms with E-state index < -0.39 is 0 Å². The van der Waals surface area contributed by atoms with E-state index in [1.807, 2.05) is 24.3 Å². The van der Waals surface area contributed by atoms with Gasteiger partial charge in [-0.2, -0.15) is 0 Å². The topological polar surface area (TPSA) is 37.4 Å². The van der Waals surface area contributed by atoms with Crippen LogP contribution in [0.4, 0.5) is 5.69 Å². The van der Waals surface area contributed by atoms with Gasteiger partial charge in [0.1, 0.15) is 5.78 Å². The van der Waals surface area contributed by atoms with E-state index in [-0.39, 0.29) is 5.78 Å². The van der Waals surface area contributed by atoms with Crippen LogP contribution < -0.4 is 4.90 Å². The molecule has 1 heterocycles. The maximum absolute atomic E-state index is 11.6. The molecule has 3 heteroatoms. The van der Waals surface area contributed by atoms with Crippen molar-refractivity contribution in [2.45, 2.75) is 26.2 Å². The number of hydrogen-bond donors (Lipinski definition) is 0. The Bertz CT molecular complexity index is 440. The summed E-state index contributed by atoms with van der Waals surface area (Å²) < 4.78 is 0. The van der Waals surface area contributed by atoms with Crippen molar-refractivity contribution in [2.75, 3.05) is 18.0 Å². The third kappa shape index (κ3) is 2.73. The maximum atomic E-state index is 11.6. The van der Waals surface area contributed by atoms with Crippen LogP contribution in [0.25, 0.3) is 0 Å². The van der Waals surface area contributed by atoms with Gasteiger partial charge < -0.3 is 4.90 Å². The van der Waals surface area contributed by atoms with E-state index in [4.69, 9.17) is 0 Å². The number of rotatable bonds is 2. The number of benzene rings is 1. The Labute approximate surface area is 101 Å². The molecule has 0 spiro atoms. The highest BCUT2D eigenvalue weighted by atomic mass is 16.1. The van der Waals surface area contributed by atoms with Crippen molar-refractivity contribution in [1.29, 1.82) is 0 Å². The molecule has 90 valence electrons. The fourth-order valence-electron chi connectivity index (χ4n) is 2.25. The molecule has 0 radical (unpaired) electrons. The zero-order valence-electron chi connectivity index (χ0n) is 10.1. The molecule has 1 saturated heterocycles. The average molecular weight is 231 g/mol. The first-order valence-electron chi connectivity index (χ1n) is 6.05. The molecule has 0 saturated carbocycles. The summed E-state index contributed by atoms with van der Waals surface area (Å²) in [6.45, 7) is 3.17. The van der Waals surface area contributed by atoms with Crippen molar-refractivity contribution in [1.82, 2.24) is 0 Å². The van der Waals surface area contributed by atoms with Crippen molar-refractivity contribution >= 4 is 17.3 Å². The van der Waals surface area contributed by atoms with E-state index in [9.17, 15) is 9.59 Å².